The normalized spacial score (nSPS) is 14.7. The number of benzene rings is 9. The Kier molecular flexibility index (Phi) is 7.24. The SMILES string of the molecule is Cc1ccc2c(c1)c1ccccc1c1cc3c(cc21)C(C)(C)c1cc2c(cc1-3)C(C)(C)c1cc3ccccc3cc1N2c1nc(-c2ccccc2)cc(-c2ccccc2)n1. The van der Waals surface area contributed by atoms with Crippen LogP contribution in [0.3, 0.4) is 0 Å². The summed E-state index contributed by atoms with van der Waals surface area (Å²) in [4.78, 5) is 13.3. The first kappa shape index (κ1) is 34.9. The van der Waals surface area contributed by atoms with Gasteiger partial charge in [0.25, 0.3) is 0 Å². The van der Waals surface area contributed by atoms with Gasteiger partial charge >= 0.3 is 0 Å². The van der Waals surface area contributed by atoms with Crippen molar-refractivity contribution >= 4 is 60.4 Å². The van der Waals surface area contributed by atoms with Gasteiger partial charge in [0, 0.05) is 22.0 Å². The van der Waals surface area contributed by atoms with Gasteiger partial charge in [0.05, 0.1) is 22.8 Å². The summed E-state index contributed by atoms with van der Waals surface area (Å²) in [5.74, 6) is 0.663. The van der Waals surface area contributed by atoms with Gasteiger partial charge in [-0.05, 0) is 126 Å². The molecule has 0 atom stereocenters. The molecule has 0 N–H and O–H groups in total. The third kappa shape index (κ3) is 4.96. The van der Waals surface area contributed by atoms with Crippen LogP contribution in [0.5, 0.6) is 0 Å². The van der Waals surface area contributed by atoms with Crippen LogP contribution in [0, 0.1) is 6.92 Å². The van der Waals surface area contributed by atoms with E-state index in [9.17, 15) is 0 Å². The first-order valence-corrected chi connectivity index (χ1v) is 21.1. The summed E-state index contributed by atoms with van der Waals surface area (Å²) in [6.45, 7) is 11.8. The Morgan fingerprint density at radius 1 is 0.383 bits per heavy atom. The fourth-order valence-electron chi connectivity index (χ4n) is 10.5. The summed E-state index contributed by atoms with van der Waals surface area (Å²) in [6.07, 6.45) is 0. The predicted octanol–water partition coefficient (Wildman–Crippen LogP) is 15.1. The number of nitrogens with zero attached hydrogens (tertiary/aromatic N) is 3. The van der Waals surface area contributed by atoms with Crippen molar-refractivity contribution in [2.45, 2.75) is 45.4 Å². The molecule has 0 radical (unpaired) electrons. The van der Waals surface area contributed by atoms with Crippen molar-refractivity contribution in [1.82, 2.24) is 9.97 Å². The fraction of sp³-hybridized carbons (Fsp3) is 0.123. The van der Waals surface area contributed by atoms with E-state index in [1.807, 2.05) is 0 Å². The number of aromatic nitrogens is 2. The zero-order chi connectivity index (χ0) is 40.5. The van der Waals surface area contributed by atoms with Crippen molar-refractivity contribution < 1.29 is 0 Å². The molecule has 9 aromatic carbocycles. The maximum atomic E-state index is 5.46. The second-order valence-corrected chi connectivity index (χ2v) is 17.9. The lowest BCUT2D eigenvalue weighted by Gasteiger charge is -2.42. The predicted molar refractivity (Wildman–Crippen MR) is 252 cm³/mol. The molecule has 0 saturated carbocycles. The molecule has 60 heavy (non-hydrogen) atoms. The standard InChI is InChI=1S/C57H43N3/c1-34-24-25-41-42(26-34)39-22-14-15-23-40(39)43-29-45-46-31-50-54(32-48(46)56(2,3)47(45)30-44(41)43)60(53-28-38-21-13-12-20-37(38)27-49(53)57(50,4)5)55-58-51(35-16-8-6-9-17-35)33-52(59-55)36-18-10-7-11-19-36/h6-33H,1-5H3. The number of fused-ring (bicyclic) bond motifs is 12. The van der Waals surface area contributed by atoms with Gasteiger partial charge in [0.1, 0.15) is 0 Å². The van der Waals surface area contributed by atoms with Gasteiger partial charge in [-0.3, -0.25) is 4.90 Å². The number of anilines is 3. The molecule has 0 bridgehead atoms. The lowest BCUT2D eigenvalue weighted by atomic mass is 9.71. The maximum absolute atomic E-state index is 5.46. The Morgan fingerprint density at radius 3 is 1.53 bits per heavy atom. The van der Waals surface area contributed by atoms with Crippen LogP contribution in [0.25, 0.3) is 76.7 Å². The van der Waals surface area contributed by atoms with E-state index in [0.29, 0.717) is 5.95 Å². The number of aryl methyl sites for hydroxylation is 1. The minimum absolute atomic E-state index is 0.266. The van der Waals surface area contributed by atoms with Gasteiger partial charge in [0.15, 0.2) is 0 Å². The minimum atomic E-state index is -0.329. The van der Waals surface area contributed by atoms with Crippen LogP contribution in [0.1, 0.15) is 55.5 Å². The zero-order valence-corrected chi connectivity index (χ0v) is 34.5. The van der Waals surface area contributed by atoms with Gasteiger partial charge in [-0.1, -0.05) is 161 Å². The first-order chi connectivity index (χ1) is 29.1. The molecule has 2 heterocycles. The van der Waals surface area contributed by atoms with Crippen molar-refractivity contribution in [3.8, 4) is 33.6 Å². The van der Waals surface area contributed by atoms with Crippen LogP contribution in [-0.2, 0) is 10.8 Å². The Labute approximate surface area is 350 Å². The van der Waals surface area contributed by atoms with E-state index in [4.69, 9.17) is 9.97 Å². The number of hydrogen-bond donors (Lipinski definition) is 0. The third-order valence-corrected chi connectivity index (χ3v) is 13.6. The maximum Gasteiger partial charge on any atom is 0.235 e. The van der Waals surface area contributed by atoms with Crippen LogP contribution in [0.15, 0.2) is 170 Å². The van der Waals surface area contributed by atoms with Crippen molar-refractivity contribution in [2.75, 3.05) is 4.90 Å². The smallest absolute Gasteiger partial charge is 0.235 e. The number of hydrogen-bond acceptors (Lipinski definition) is 3. The van der Waals surface area contributed by atoms with Gasteiger partial charge in [-0.25, -0.2) is 9.97 Å². The molecule has 0 fully saturated rings. The average Bonchev–Trinajstić information content (AvgIpc) is 3.49. The Bertz CT molecular complexity index is 3380. The van der Waals surface area contributed by atoms with E-state index in [1.165, 1.54) is 82.0 Å². The van der Waals surface area contributed by atoms with E-state index in [1.54, 1.807) is 0 Å². The quantitative estimate of drug-likeness (QED) is 0.168. The van der Waals surface area contributed by atoms with Crippen LogP contribution >= 0.6 is 0 Å². The zero-order valence-electron chi connectivity index (χ0n) is 34.5. The summed E-state index contributed by atoms with van der Waals surface area (Å²) in [5, 5.41) is 10.3. The van der Waals surface area contributed by atoms with Crippen molar-refractivity contribution in [2.24, 2.45) is 0 Å². The molecule has 0 unspecified atom stereocenters. The van der Waals surface area contributed by atoms with Crippen molar-refractivity contribution in [3.05, 3.63) is 198 Å². The van der Waals surface area contributed by atoms with Crippen molar-refractivity contribution in [1.29, 1.82) is 0 Å². The summed E-state index contributed by atoms with van der Waals surface area (Å²) in [6, 6.07) is 62.5. The van der Waals surface area contributed by atoms with E-state index in [2.05, 4.69) is 209 Å². The third-order valence-electron chi connectivity index (χ3n) is 13.6. The minimum Gasteiger partial charge on any atom is -0.278 e. The summed E-state index contributed by atoms with van der Waals surface area (Å²) in [7, 11) is 0. The van der Waals surface area contributed by atoms with Crippen molar-refractivity contribution in [3.63, 3.8) is 0 Å². The lowest BCUT2D eigenvalue weighted by molar-refractivity contribution is 0.627. The number of rotatable bonds is 3. The molecule has 1 aliphatic heterocycles. The Hall–Kier alpha value is -7.10. The topological polar surface area (TPSA) is 29.0 Å². The van der Waals surface area contributed by atoms with E-state index < -0.39 is 0 Å². The molecule has 3 heteroatoms. The van der Waals surface area contributed by atoms with Crippen LogP contribution in [-0.4, -0.2) is 9.97 Å². The van der Waals surface area contributed by atoms with E-state index >= 15 is 0 Å². The molecule has 0 saturated heterocycles. The average molecular weight is 770 g/mol. The van der Waals surface area contributed by atoms with Gasteiger partial charge in [0.2, 0.25) is 5.95 Å². The second-order valence-electron chi connectivity index (χ2n) is 17.9. The highest BCUT2D eigenvalue weighted by Gasteiger charge is 2.43. The monoisotopic (exact) mass is 769 g/mol. The van der Waals surface area contributed by atoms with Crippen LogP contribution in [0.2, 0.25) is 0 Å². The largest absolute Gasteiger partial charge is 0.278 e. The van der Waals surface area contributed by atoms with Gasteiger partial charge in [-0.2, -0.15) is 0 Å². The molecular formula is C57H43N3. The molecule has 2 aliphatic rings. The summed E-state index contributed by atoms with van der Waals surface area (Å²) in [5.41, 5.74) is 14.7. The first-order valence-electron chi connectivity index (χ1n) is 21.1. The van der Waals surface area contributed by atoms with Crippen LogP contribution in [0.4, 0.5) is 17.3 Å². The Balaban J connectivity index is 1.16. The summed E-state index contributed by atoms with van der Waals surface area (Å²) >= 11 is 0. The molecule has 0 spiro atoms. The molecular weight excluding hydrogens is 727 g/mol. The van der Waals surface area contributed by atoms with Gasteiger partial charge < -0.3 is 0 Å². The molecule has 0 amide bonds. The molecule has 286 valence electrons. The second kappa shape index (κ2) is 12.5. The molecule has 3 nitrogen and oxygen atoms in total. The van der Waals surface area contributed by atoms with Crippen LogP contribution < -0.4 is 4.90 Å². The summed E-state index contributed by atoms with van der Waals surface area (Å²) < 4.78 is 0. The molecule has 10 aromatic rings. The van der Waals surface area contributed by atoms with Gasteiger partial charge in [-0.15, -0.1) is 0 Å². The van der Waals surface area contributed by atoms with E-state index in [0.717, 1.165) is 33.9 Å². The highest BCUT2D eigenvalue weighted by atomic mass is 15.3. The molecule has 1 aromatic heterocycles. The molecule has 1 aliphatic carbocycles. The molecule has 12 rings (SSSR count). The van der Waals surface area contributed by atoms with E-state index in [-0.39, 0.29) is 10.8 Å². The highest BCUT2D eigenvalue weighted by molar-refractivity contribution is 6.26. The lowest BCUT2D eigenvalue weighted by Crippen LogP contribution is -2.32. The highest BCUT2D eigenvalue weighted by Crippen LogP contribution is 2.58. The Morgan fingerprint density at radius 2 is 0.867 bits per heavy atom. The fourth-order valence-corrected chi connectivity index (χ4v) is 10.5.